The molecule has 2 aliphatic carbocycles. The van der Waals surface area contributed by atoms with Crippen molar-refractivity contribution < 1.29 is 0 Å². The third-order valence-electron chi connectivity index (χ3n) is 11.4. The van der Waals surface area contributed by atoms with Crippen LogP contribution in [0.2, 0.25) is 0 Å². The standard InChI is InChI=1S/C40H45N/c1-7-11-16-26(8-2)25-41-37-23-29-27-17-12-14-19-33(27)39(5,9-3)35(29)21-31(37)32-22-36-30(24-38(32)41)28-18-13-15-20-34(28)40(36,6)10-4/h12-15,17-24,26H,7-11,16,25H2,1-6H3. The van der Waals surface area contributed by atoms with Crippen molar-refractivity contribution >= 4 is 21.8 Å². The van der Waals surface area contributed by atoms with Crippen molar-refractivity contribution in [2.75, 3.05) is 0 Å². The van der Waals surface area contributed by atoms with Crippen LogP contribution < -0.4 is 0 Å². The molecule has 3 atom stereocenters. The minimum atomic E-state index is 0.0481. The summed E-state index contributed by atoms with van der Waals surface area (Å²) < 4.78 is 2.71. The van der Waals surface area contributed by atoms with Crippen LogP contribution >= 0.6 is 0 Å². The Bertz CT molecular complexity index is 1680. The molecular formula is C40H45N. The van der Waals surface area contributed by atoms with Gasteiger partial charge in [0.2, 0.25) is 0 Å². The van der Waals surface area contributed by atoms with Crippen LogP contribution in [0, 0.1) is 5.92 Å². The van der Waals surface area contributed by atoms with Gasteiger partial charge in [0.1, 0.15) is 0 Å². The van der Waals surface area contributed by atoms with E-state index in [-0.39, 0.29) is 10.8 Å². The van der Waals surface area contributed by atoms with Crippen LogP contribution in [-0.2, 0) is 17.4 Å². The van der Waals surface area contributed by atoms with Crippen molar-refractivity contribution in [3.8, 4) is 22.3 Å². The maximum Gasteiger partial charge on any atom is 0.0497 e. The second kappa shape index (κ2) is 9.62. The van der Waals surface area contributed by atoms with Gasteiger partial charge in [-0.2, -0.15) is 0 Å². The highest BCUT2D eigenvalue weighted by atomic mass is 15.0. The zero-order valence-electron chi connectivity index (χ0n) is 25.9. The van der Waals surface area contributed by atoms with Gasteiger partial charge in [-0.1, -0.05) is 109 Å². The van der Waals surface area contributed by atoms with Gasteiger partial charge in [-0.3, -0.25) is 0 Å². The van der Waals surface area contributed by atoms with Crippen molar-refractivity contribution in [3.05, 3.63) is 95.1 Å². The zero-order chi connectivity index (χ0) is 28.5. The van der Waals surface area contributed by atoms with Crippen molar-refractivity contribution in [2.45, 2.75) is 97.4 Å². The van der Waals surface area contributed by atoms with Crippen molar-refractivity contribution in [1.29, 1.82) is 0 Å². The van der Waals surface area contributed by atoms with E-state index in [4.69, 9.17) is 0 Å². The van der Waals surface area contributed by atoms with Crippen LogP contribution in [0.5, 0.6) is 0 Å². The van der Waals surface area contributed by atoms with Crippen LogP contribution in [0.1, 0.15) is 102 Å². The molecule has 4 aromatic carbocycles. The van der Waals surface area contributed by atoms with Gasteiger partial charge in [0.15, 0.2) is 0 Å². The molecule has 1 nitrogen and oxygen atoms in total. The topological polar surface area (TPSA) is 4.93 Å². The number of nitrogens with zero attached hydrogens (tertiary/aromatic N) is 1. The Morgan fingerprint density at radius 3 is 1.54 bits per heavy atom. The van der Waals surface area contributed by atoms with Gasteiger partial charge in [-0.05, 0) is 94.0 Å². The second-order valence-corrected chi connectivity index (χ2v) is 13.3. The van der Waals surface area contributed by atoms with Crippen molar-refractivity contribution in [1.82, 2.24) is 4.57 Å². The highest BCUT2D eigenvalue weighted by Crippen LogP contribution is 2.55. The van der Waals surface area contributed by atoms with Crippen LogP contribution in [0.15, 0.2) is 72.8 Å². The predicted octanol–water partition coefficient (Wildman–Crippen LogP) is 11.4. The smallest absolute Gasteiger partial charge is 0.0497 e. The van der Waals surface area contributed by atoms with E-state index in [2.05, 4.69) is 119 Å². The van der Waals surface area contributed by atoms with Crippen molar-refractivity contribution in [3.63, 3.8) is 0 Å². The quantitative estimate of drug-likeness (QED) is 0.185. The monoisotopic (exact) mass is 539 g/mol. The lowest BCUT2D eigenvalue weighted by Gasteiger charge is -2.26. The van der Waals surface area contributed by atoms with Crippen molar-refractivity contribution in [2.24, 2.45) is 5.92 Å². The molecule has 0 amide bonds. The molecule has 2 aliphatic rings. The number of rotatable bonds is 8. The van der Waals surface area contributed by atoms with E-state index in [1.165, 1.54) is 92.0 Å². The number of aromatic nitrogens is 1. The van der Waals surface area contributed by atoms with E-state index in [0.29, 0.717) is 5.92 Å². The average Bonchev–Trinajstić information content (AvgIpc) is 3.55. The Morgan fingerprint density at radius 1 is 0.610 bits per heavy atom. The third kappa shape index (κ3) is 3.60. The highest BCUT2D eigenvalue weighted by molar-refractivity contribution is 6.12. The lowest BCUT2D eigenvalue weighted by Crippen LogP contribution is -2.19. The maximum atomic E-state index is 2.71. The summed E-state index contributed by atoms with van der Waals surface area (Å²) >= 11 is 0. The molecule has 3 unspecified atom stereocenters. The summed E-state index contributed by atoms with van der Waals surface area (Å²) in [4.78, 5) is 0. The first-order valence-corrected chi connectivity index (χ1v) is 16.2. The Hall–Kier alpha value is -3.32. The van der Waals surface area contributed by atoms with E-state index < -0.39 is 0 Å². The number of benzene rings is 4. The molecule has 7 rings (SSSR count). The summed E-state index contributed by atoms with van der Waals surface area (Å²) in [6, 6.07) is 28.6. The largest absolute Gasteiger partial charge is 0.340 e. The predicted molar refractivity (Wildman–Crippen MR) is 177 cm³/mol. The molecule has 0 saturated carbocycles. The van der Waals surface area contributed by atoms with Crippen LogP contribution in [0.3, 0.4) is 0 Å². The second-order valence-electron chi connectivity index (χ2n) is 13.3. The Kier molecular flexibility index (Phi) is 6.23. The summed E-state index contributed by atoms with van der Waals surface area (Å²) in [7, 11) is 0. The number of hydrogen-bond donors (Lipinski definition) is 0. The average molecular weight is 540 g/mol. The molecule has 1 aromatic heterocycles. The van der Waals surface area contributed by atoms with E-state index in [9.17, 15) is 0 Å². The molecule has 41 heavy (non-hydrogen) atoms. The first-order valence-electron chi connectivity index (χ1n) is 16.2. The fourth-order valence-electron chi connectivity index (χ4n) is 8.37. The molecule has 0 aliphatic heterocycles. The molecule has 5 aromatic rings. The van der Waals surface area contributed by atoms with E-state index in [1.807, 2.05) is 0 Å². The van der Waals surface area contributed by atoms with Crippen LogP contribution in [0.25, 0.3) is 44.1 Å². The van der Waals surface area contributed by atoms with E-state index in [0.717, 1.165) is 19.4 Å². The zero-order valence-corrected chi connectivity index (χ0v) is 25.9. The first kappa shape index (κ1) is 26.6. The third-order valence-corrected chi connectivity index (χ3v) is 11.4. The summed E-state index contributed by atoms with van der Waals surface area (Å²) in [6.07, 6.45) is 7.32. The fourth-order valence-corrected chi connectivity index (χ4v) is 8.37. The lowest BCUT2D eigenvalue weighted by atomic mass is 9.77. The SMILES string of the molecule is CCCCC(CC)Cn1c2cc3c(cc2c2cc4c(cc21)-c1ccccc1C4(C)CC)C(C)(CC)c1ccccc1-3. The van der Waals surface area contributed by atoms with Gasteiger partial charge in [-0.25, -0.2) is 0 Å². The molecule has 1 heteroatoms. The minimum absolute atomic E-state index is 0.0481. The Morgan fingerprint density at radius 2 is 1.10 bits per heavy atom. The molecule has 0 N–H and O–H groups in total. The molecule has 210 valence electrons. The number of unbranched alkanes of at least 4 members (excludes halogenated alkanes) is 1. The summed E-state index contributed by atoms with van der Waals surface area (Å²) in [6.45, 7) is 15.4. The molecule has 0 spiro atoms. The van der Waals surface area contributed by atoms with Gasteiger partial charge in [0.25, 0.3) is 0 Å². The molecule has 0 radical (unpaired) electrons. The normalized spacial score (nSPS) is 21.2. The molecule has 0 saturated heterocycles. The first-order chi connectivity index (χ1) is 19.9. The van der Waals surface area contributed by atoms with Gasteiger partial charge in [0.05, 0.1) is 0 Å². The van der Waals surface area contributed by atoms with E-state index >= 15 is 0 Å². The van der Waals surface area contributed by atoms with Crippen LogP contribution in [-0.4, -0.2) is 4.57 Å². The lowest BCUT2D eigenvalue weighted by molar-refractivity contribution is 0.401. The summed E-state index contributed by atoms with van der Waals surface area (Å²) in [5.41, 5.74) is 14.7. The van der Waals surface area contributed by atoms with Gasteiger partial charge < -0.3 is 4.57 Å². The Balaban J connectivity index is 1.55. The van der Waals surface area contributed by atoms with Gasteiger partial charge in [0, 0.05) is 39.2 Å². The number of fused-ring (bicyclic) bond motifs is 9. The number of hydrogen-bond acceptors (Lipinski definition) is 0. The highest BCUT2D eigenvalue weighted by Gasteiger charge is 2.40. The summed E-state index contributed by atoms with van der Waals surface area (Å²) in [5.74, 6) is 0.691. The Labute approximate surface area is 246 Å². The molecule has 0 bridgehead atoms. The van der Waals surface area contributed by atoms with Gasteiger partial charge >= 0.3 is 0 Å². The minimum Gasteiger partial charge on any atom is -0.340 e. The molecule has 1 heterocycles. The van der Waals surface area contributed by atoms with Gasteiger partial charge in [-0.15, -0.1) is 0 Å². The molecular weight excluding hydrogens is 494 g/mol. The summed E-state index contributed by atoms with van der Waals surface area (Å²) in [5, 5.41) is 2.88. The van der Waals surface area contributed by atoms with E-state index in [1.54, 1.807) is 0 Å². The fraction of sp³-hybridized carbons (Fsp3) is 0.400. The molecule has 0 fully saturated rings. The van der Waals surface area contributed by atoms with Crippen LogP contribution in [0.4, 0.5) is 0 Å². The maximum absolute atomic E-state index is 2.71.